The van der Waals surface area contributed by atoms with Crippen LogP contribution in [0.4, 0.5) is 5.69 Å². The molecule has 1 aromatic carbocycles. The maximum atomic E-state index is 12.9. The predicted molar refractivity (Wildman–Crippen MR) is 90.0 cm³/mol. The van der Waals surface area contributed by atoms with Gasteiger partial charge in [0.25, 0.3) is 5.91 Å². The van der Waals surface area contributed by atoms with Crippen molar-refractivity contribution in [2.45, 2.75) is 16.7 Å². The van der Waals surface area contributed by atoms with Crippen LogP contribution in [0.1, 0.15) is 15.2 Å². The fourth-order valence-electron chi connectivity index (χ4n) is 2.68. The zero-order chi connectivity index (χ0) is 16.6. The monoisotopic (exact) mass is 351 g/mol. The summed E-state index contributed by atoms with van der Waals surface area (Å²) in [6.07, 6.45) is 1.84. The van der Waals surface area contributed by atoms with E-state index >= 15 is 0 Å². The number of thiophene rings is 1. The molecule has 0 saturated carbocycles. The van der Waals surface area contributed by atoms with Crippen molar-refractivity contribution in [3.63, 3.8) is 0 Å². The Balaban J connectivity index is 1.97. The first kappa shape index (κ1) is 16.2. The molecule has 5 nitrogen and oxygen atoms in total. The van der Waals surface area contributed by atoms with Gasteiger partial charge in [-0.25, -0.2) is 8.42 Å². The molecule has 0 spiro atoms. The van der Waals surface area contributed by atoms with E-state index in [0.29, 0.717) is 11.4 Å². The number of hydrogen-bond acceptors (Lipinski definition) is 5. The van der Waals surface area contributed by atoms with E-state index < -0.39 is 9.84 Å². The number of amides is 1. The summed E-state index contributed by atoms with van der Waals surface area (Å²) in [7, 11) is -1.67. The molecule has 1 amide bonds. The summed E-state index contributed by atoms with van der Waals surface area (Å²) >= 11 is 1.01. The molecule has 2 aromatic rings. The molecule has 1 aromatic heterocycles. The van der Waals surface area contributed by atoms with Crippen LogP contribution in [0.3, 0.4) is 0 Å². The van der Waals surface area contributed by atoms with Gasteiger partial charge in [-0.15, -0.1) is 11.3 Å². The van der Waals surface area contributed by atoms with Crippen molar-refractivity contribution in [2.24, 2.45) is 0 Å². The number of sulfone groups is 1. The van der Waals surface area contributed by atoms with E-state index in [1.165, 1.54) is 6.07 Å². The minimum Gasteiger partial charge on any atom is -0.379 e. The molecule has 0 saturated heterocycles. The largest absolute Gasteiger partial charge is 0.379 e. The highest BCUT2D eigenvalue weighted by atomic mass is 32.2. The van der Waals surface area contributed by atoms with Crippen LogP contribution in [0.25, 0.3) is 0 Å². The van der Waals surface area contributed by atoms with Crippen LogP contribution in [0, 0.1) is 0 Å². The lowest BCUT2D eigenvalue weighted by molar-refractivity contribution is 0.0873. The van der Waals surface area contributed by atoms with Gasteiger partial charge in [0.05, 0.1) is 17.5 Å². The number of anilines is 1. The Morgan fingerprint density at radius 3 is 2.65 bits per heavy atom. The molecule has 2 heterocycles. The second-order valence-corrected chi connectivity index (χ2v) is 8.82. The molecule has 1 unspecified atom stereocenters. The predicted octanol–water partition coefficient (Wildman–Crippen LogP) is 2.37. The molecular weight excluding hydrogens is 334 g/mol. The van der Waals surface area contributed by atoms with Gasteiger partial charge in [-0.1, -0.05) is 18.2 Å². The van der Waals surface area contributed by atoms with Gasteiger partial charge in [0.1, 0.15) is 4.21 Å². The first-order valence-corrected chi connectivity index (χ1v) is 9.83. The highest BCUT2D eigenvalue weighted by Crippen LogP contribution is 2.31. The molecule has 1 atom stereocenters. The Bertz CT molecular complexity index is 841. The normalized spacial score (nSPS) is 17.8. The van der Waals surface area contributed by atoms with Gasteiger partial charge >= 0.3 is 0 Å². The van der Waals surface area contributed by atoms with Crippen molar-refractivity contribution in [3.8, 4) is 0 Å². The van der Waals surface area contributed by atoms with Gasteiger partial charge < -0.3 is 9.64 Å². The maximum absolute atomic E-state index is 12.9. The third kappa shape index (κ3) is 3.17. The van der Waals surface area contributed by atoms with Crippen LogP contribution in [0.5, 0.6) is 0 Å². The molecule has 0 N–H and O–H groups in total. The fourth-order valence-corrected chi connectivity index (χ4v) is 4.55. The van der Waals surface area contributed by atoms with E-state index in [4.69, 9.17) is 4.74 Å². The Morgan fingerprint density at radius 1 is 1.26 bits per heavy atom. The number of carbonyl (C=O) groups excluding carboxylic acids is 1. The maximum Gasteiger partial charge on any atom is 0.268 e. The highest BCUT2D eigenvalue weighted by Gasteiger charge is 2.30. The SMILES string of the molecule is COC1Cc2ccccc2N(C(=O)c2ccc(S(C)(=O)=O)s2)C1. The van der Waals surface area contributed by atoms with Crippen molar-refractivity contribution < 1.29 is 17.9 Å². The molecule has 3 rings (SSSR count). The van der Waals surface area contributed by atoms with E-state index in [9.17, 15) is 13.2 Å². The molecule has 23 heavy (non-hydrogen) atoms. The van der Waals surface area contributed by atoms with E-state index in [1.807, 2.05) is 24.3 Å². The molecular formula is C16H17NO4S2. The Morgan fingerprint density at radius 2 is 2.00 bits per heavy atom. The lowest BCUT2D eigenvalue weighted by Crippen LogP contribution is -2.43. The smallest absolute Gasteiger partial charge is 0.268 e. The number of carbonyl (C=O) groups is 1. The van der Waals surface area contributed by atoms with Crippen LogP contribution < -0.4 is 4.90 Å². The molecule has 0 bridgehead atoms. The van der Waals surface area contributed by atoms with Crippen LogP contribution in [0.15, 0.2) is 40.6 Å². The summed E-state index contributed by atoms with van der Waals surface area (Å²) in [5.74, 6) is -0.195. The first-order chi connectivity index (χ1) is 10.9. The van der Waals surface area contributed by atoms with Crippen molar-refractivity contribution in [1.82, 2.24) is 0 Å². The van der Waals surface area contributed by atoms with Crippen LogP contribution in [-0.2, 0) is 21.0 Å². The van der Waals surface area contributed by atoms with Crippen molar-refractivity contribution in [1.29, 1.82) is 0 Å². The topological polar surface area (TPSA) is 63.7 Å². The fraction of sp³-hybridized carbons (Fsp3) is 0.312. The summed E-state index contributed by atoms with van der Waals surface area (Å²) in [5, 5.41) is 0. The molecule has 7 heteroatoms. The number of para-hydroxylation sites is 1. The lowest BCUT2D eigenvalue weighted by atomic mass is 9.99. The minimum absolute atomic E-state index is 0.0665. The quantitative estimate of drug-likeness (QED) is 0.852. The van der Waals surface area contributed by atoms with Gasteiger partial charge in [-0.2, -0.15) is 0 Å². The van der Waals surface area contributed by atoms with Gasteiger partial charge in [0, 0.05) is 25.5 Å². The highest BCUT2D eigenvalue weighted by molar-refractivity contribution is 7.92. The van der Waals surface area contributed by atoms with E-state index in [-0.39, 0.29) is 16.2 Å². The third-order valence-electron chi connectivity index (χ3n) is 3.85. The second kappa shape index (κ2) is 6.07. The lowest BCUT2D eigenvalue weighted by Gasteiger charge is -2.33. The number of fused-ring (bicyclic) bond motifs is 1. The summed E-state index contributed by atoms with van der Waals surface area (Å²) in [5.41, 5.74) is 1.92. The van der Waals surface area contributed by atoms with Crippen LogP contribution >= 0.6 is 11.3 Å². The molecule has 1 aliphatic heterocycles. The van der Waals surface area contributed by atoms with E-state index in [2.05, 4.69) is 0 Å². The summed E-state index contributed by atoms with van der Waals surface area (Å²) in [6.45, 7) is 0.457. The van der Waals surface area contributed by atoms with Gasteiger partial charge in [0.15, 0.2) is 9.84 Å². The number of rotatable bonds is 3. The molecule has 1 aliphatic rings. The average molecular weight is 351 g/mol. The van der Waals surface area contributed by atoms with Gasteiger partial charge in [-0.05, 0) is 23.8 Å². The number of methoxy groups -OCH3 is 1. The third-order valence-corrected chi connectivity index (χ3v) is 6.75. The van der Waals surface area contributed by atoms with Gasteiger partial charge in [0.2, 0.25) is 0 Å². The number of benzene rings is 1. The van der Waals surface area contributed by atoms with Crippen LogP contribution in [0.2, 0.25) is 0 Å². The minimum atomic E-state index is -3.30. The van der Waals surface area contributed by atoms with E-state index in [0.717, 1.165) is 35.3 Å². The average Bonchev–Trinajstić information content (AvgIpc) is 3.03. The van der Waals surface area contributed by atoms with Crippen molar-refractivity contribution in [3.05, 3.63) is 46.8 Å². The molecule has 0 aliphatic carbocycles. The number of hydrogen-bond donors (Lipinski definition) is 0. The molecule has 0 radical (unpaired) electrons. The molecule has 122 valence electrons. The standard InChI is InChI=1S/C16H17NO4S2/c1-21-12-9-11-5-3-4-6-13(11)17(10-12)16(18)14-7-8-15(22-14)23(2,19)20/h3-8,12H,9-10H2,1-2H3. The Kier molecular flexibility index (Phi) is 4.27. The summed E-state index contributed by atoms with van der Waals surface area (Å²) in [4.78, 5) is 14.9. The Hall–Kier alpha value is -1.70. The van der Waals surface area contributed by atoms with Gasteiger partial charge in [-0.3, -0.25) is 4.79 Å². The van der Waals surface area contributed by atoms with Crippen molar-refractivity contribution >= 4 is 32.8 Å². The zero-order valence-electron chi connectivity index (χ0n) is 12.9. The Labute approximate surface area is 139 Å². The second-order valence-electron chi connectivity index (χ2n) is 5.50. The zero-order valence-corrected chi connectivity index (χ0v) is 14.5. The number of nitrogens with zero attached hydrogens (tertiary/aromatic N) is 1. The van der Waals surface area contributed by atoms with Crippen molar-refractivity contribution in [2.75, 3.05) is 24.8 Å². The first-order valence-electron chi connectivity index (χ1n) is 7.12. The van der Waals surface area contributed by atoms with E-state index in [1.54, 1.807) is 18.1 Å². The summed E-state index contributed by atoms with van der Waals surface area (Å²) < 4.78 is 28.9. The summed E-state index contributed by atoms with van der Waals surface area (Å²) in [6, 6.07) is 10.8. The molecule has 0 fully saturated rings. The van der Waals surface area contributed by atoms with Crippen LogP contribution in [-0.4, -0.2) is 40.3 Å². The number of ether oxygens (including phenoxy) is 1.